The lowest BCUT2D eigenvalue weighted by molar-refractivity contribution is -0.114. The van der Waals surface area contributed by atoms with Crippen molar-refractivity contribution in [1.29, 1.82) is 0 Å². The van der Waals surface area contributed by atoms with E-state index in [-0.39, 0.29) is 17.2 Å². The van der Waals surface area contributed by atoms with E-state index in [4.69, 9.17) is 4.74 Å². The van der Waals surface area contributed by atoms with Gasteiger partial charge in [0.15, 0.2) is 18.1 Å². The molecule has 0 aliphatic heterocycles. The highest BCUT2D eigenvalue weighted by atomic mass is 32.2. The Balaban J connectivity index is 1.81. The molecule has 0 aliphatic rings. The van der Waals surface area contributed by atoms with Crippen molar-refractivity contribution in [2.45, 2.75) is 51.0 Å². The van der Waals surface area contributed by atoms with Gasteiger partial charge in [-0.1, -0.05) is 50.5 Å². The number of unbranched alkanes of at least 4 members (excludes halogenated alkanes) is 3. The molecule has 1 aromatic heterocycles. The van der Waals surface area contributed by atoms with Gasteiger partial charge >= 0.3 is 5.97 Å². The monoisotopic (exact) mass is 495 g/mol. The molecule has 0 unspecified atom stereocenters. The molecule has 0 aliphatic carbocycles. The maximum Gasteiger partial charge on any atom is 0.359 e. The number of amides is 1. The van der Waals surface area contributed by atoms with E-state index in [1.165, 1.54) is 23.4 Å². The van der Waals surface area contributed by atoms with Crippen LogP contribution in [0.5, 0.6) is 0 Å². The number of hydrogen-bond acceptors (Lipinski definition) is 7. The number of hydrogen-bond donors (Lipinski definition) is 1. The van der Waals surface area contributed by atoms with Gasteiger partial charge in [-0.2, -0.15) is 5.10 Å². The summed E-state index contributed by atoms with van der Waals surface area (Å²) in [5.41, 5.74) is 0.562. The van der Waals surface area contributed by atoms with Crippen molar-refractivity contribution in [2.75, 3.05) is 18.2 Å². The Kier molecular flexibility index (Phi) is 9.19. The quantitative estimate of drug-likeness (QED) is 0.178. The third kappa shape index (κ3) is 6.57. The summed E-state index contributed by atoms with van der Waals surface area (Å²) in [4.78, 5) is 50.8. The Bertz CT molecular complexity index is 1300. The van der Waals surface area contributed by atoms with Gasteiger partial charge < -0.3 is 10.1 Å². The van der Waals surface area contributed by atoms with Gasteiger partial charge in [-0.25, -0.2) is 9.48 Å². The number of nitrogens with one attached hydrogen (secondary N) is 1. The maximum atomic E-state index is 12.9. The van der Waals surface area contributed by atoms with Crippen LogP contribution in [0.4, 0.5) is 5.69 Å². The van der Waals surface area contributed by atoms with E-state index in [0.717, 1.165) is 30.6 Å². The van der Waals surface area contributed by atoms with E-state index in [1.807, 2.05) is 6.26 Å². The molecule has 3 aromatic rings. The second-order valence-electron chi connectivity index (χ2n) is 8.08. The van der Waals surface area contributed by atoms with Crippen molar-refractivity contribution >= 4 is 45.9 Å². The number of aromatic nitrogens is 2. The summed E-state index contributed by atoms with van der Waals surface area (Å²) in [5.74, 6) is -1.45. The highest BCUT2D eigenvalue weighted by Gasteiger charge is 2.20. The zero-order chi connectivity index (χ0) is 25.4. The molecule has 35 heavy (non-hydrogen) atoms. The van der Waals surface area contributed by atoms with Gasteiger partial charge in [-0.3, -0.25) is 14.4 Å². The summed E-state index contributed by atoms with van der Waals surface area (Å²) in [6.45, 7) is 3.40. The zero-order valence-corrected chi connectivity index (χ0v) is 20.9. The normalized spacial score (nSPS) is 10.8. The van der Waals surface area contributed by atoms with Crippen LogP contribution in [0.2, 0.25) is 0 Å². The van der Waals surface area contributed by atoms with Gasteiger partial charge in [0.2, 0.25) is 5.91 Å². The van der Waals surface area contributed by atoms with Crippen LogP contribution in [-0.2, 0) is 16.1 Å². The number of carbonyl (C=O) groups excluding carboxylic acids is 3. The van der Waals surface area contributed by atoms with E-state index >= 15 is 0 Å². The molecule has 0 fully saturated rings. The first kappa shape index (κ1) is 26.2. The number of fused-ring (bicyclic) bond motifs is 1. The first-order chi connectivity index (χ1) is 16.8. The van der Waals surface area contributed by atoms with Gasteiger partial charge in [-0.05, 0) is 30.9 Å². The van der Waals surface area contributed by atoms with Crippen LogP contribution < -0.4 is 10.9 Å². The van der Waals surface area contributed by atoms with Crippen LogP contribution in [0, 0.1) is 0 Å². The molecular formula is C26H29N3O5S. The third-order valence-electron chi connectivity index (χ3n) is 5.45. The third-order valence-corrected chi connectivity index (χ3v) is 6.25. The predicted molar refractivity (Wildman–Crippen MR) is 137 cm³/mol. The molecular weight excluding hydrogens is 466 g/mol. The lowest BCUT2D eigenvalue weighted by Crippen LogP contribution is -2.27. The highest BCUT2D eigenvalue weighted by Crippen LogP contribution is 2.27. The molecule has 1 amide bonds. The Morgan fingerprint density at radius 1 is 1.06 bits per heavy atom. The fourth-order valence-electron chi connectivity index (χ4n) is 3.68. The molecule has 0 spiro atoms. The molecule has 9 heteroatoms. The molecule has 184 valence electrons. The molecule has 1 N–H and O–H groups in total. The number of thioether (sulfide) groups is 1. The van der Waals surface area contributed by atoms with Crippen LogP contribution >= 0.6 is 11.8 Å². The fourth-order valence-corrected chi connectivity index (χ4v) is 4.21. The number of benzene rings is 2. The summed E-state index contributed by atoms with van der Waals surface area (Å²) < 4.78 is 6.61. The van der Waals surface area contributed by atoms with Crippen LogP contribution in [0.25, 0.3) is 10.8 Å². The number of anilines is 1. The number of carbonyl (C=O) groups is 3. The summed E-state index contributed by atoms with van der Waals surface area (Å²) in [6, 6.07) is 11.7. The van der Waals surface area contributed by atoms with E-state index < -0.39 is 18.4 Å². The van der Waals surface area contributed by atoms with E-state index in [0.29, 0.717) is 28.6 Å². The van der Waals surface area contributed by atoms with Crippen molar-refractivity contribution < 1.29 is 19.1 Å². The standard InChI is InChI=1S/C26H29N3O5S/c1-4-5-6-9-14-29-25(32)20-11-8-7-10-19(20)24(28-29)26(33)34-16-22(31)18-12-13-23(35-3)21(15-18)27-17(2)30/h7-8,10-13,15H,4-6,9,14,16H2,1-3H3,(H,27,30). The Hall–Kier alpha value is -3.46. The van der Waals surface area contributed by atoms with Crippen molar-refractivity contribution in [3.8, 4) is 0 Å². The van der Waals surface area contributed by atoms with E-state index in [1.54, 1.807) is 42.5 Å². The van der Waals surface area contributed by atoms with Crippen LogP contribution in [0.15, 0.2) is 52.2 Å². The summed E-state index contributed by atoms with van der Waals surface area (Å²) in [6.07, 6.45) is 5.72. The lowest BCUT2D eigenvalue weighted by Gasteiger charge is -2.12. The minimum Gasteiger partial charge on any atom is -0.452 e. The number of nitrogens with zero attached hydrogens (tertiary/aromatic N) is 2. The van der Waals surface area contributed by atoms with E-state index in [9.17, 15) is 19.2 Å². The molecule has 3 rings (SSSR count). The molecule has 0 saturated heterocycles. The summed E-state index contributed by atoms with van der Waals surface area (Å²) >= 11 is 1.44. The Labute approximate surface area is 208 Å². The smallest absolute Gasteiger partial charge is 0.359 e. The van der Waals surface area contributed by atoms with E-state index in [2.05, 4.69) is 17.3 Å². The molecule has 0 atom stereocenters. The van der Waals surface area contributed by atoms with Crippen molar-refractivity contribution in [2.24, 2.45) is 0 Å². The number of ketones is 1. The SMILES string of the molecule is CCCCCCn1nc(C(=O)OCC(=O)c2ccc(SC)c(NC(C)=O)c2)c2ccccc2c1=O. The second kappa shape index (κ2) is 12.3. The van der Waals surface area contributed by atoms with Gasteiger partial charge in [-0.15, -0.1) is 11.8 Å². The van der Waals surface area contributed by atoms with Crippen LogP contribution in [-0.4, -0.2) is 40.3 Å². The minimum absolute atomic E-state index is 0.000146. The molecule has 0 bridgehead atoms. The lowest BCUT2D eigenvalue weighted by atomic mass is 10.1. The van der Waals surface area contributed by atoms with Crippen LogP contribution in [0.1, 0.15) is 60.4 Å². The molecule has 1 heterocycles. The molecule has 0 radical (unpaired) electrons. The average molecular weight is 496 g/mol. The number of Topliss-reactive ketones (excluding diaryl/α,β-unsaturated/α-hetero) is 1. The van der Waals surface area contributed by atoms with Gasteiger partial charge in [0.1, 0.15) is 0 Å². The summed E-state index contributed by atoms with van der Waals surface area (Å²) in [5, 5.41) is 7.76. The number of ether oxygens (including phenoxy) is 1. The van der Waals surface area contributed by atoms with Crippen molar-refractivity contribution in [3.05, 3.63) is 64.1 Å². The second-order valence-corrected chi connectivity index (χ2v) is 8.93. The predicted octanol–water partition coefficient (Wildman–Crippen LogP) is 4.70. The molecule has 0 saturated carbocycles. The first-order valence-corrected chi connectivity index (χ1v) is 12.7. The van der Waals surface area contributed by atoms with Gasteiger partial charge in [0.25, 0.3) is 5.56 Å². The minimum atomic E-state index is -0.778. The first-order valence-electron chi connectivity index (χ1n) is 11.5. The van der Waals surface area contributed by atoms with Crippen molar-refractivity contribution in [1.82, 2.24) is 9.78 Å². The highest BCUT2D eigenvalue weighted by molar-refractivity contribution is 7.98. The number of rotatable bonds is 11. The van der Waals surface area contributed by atoms with Crippen molar-refractivity contribution in [3.63, 3.8) is 0 Å². The number of aryl methyl sites for hydroxylation is 1. The zero-order valence-electron chi connectivity index (χ0n) is 20.1. The Morgan fingerprint density at radius 3 is 2.49 bits per heavy atom. The topological polar surface area (TPSA) is 107 Å². The van der Waals surface area contributed by atoms with Gasteiger partial charge in [0.05, 0.1) is 11.1 Å². The average Bonchev–Trinajstić information content (AvgIpc) is 2.85. The number of esters is 1. The molecule has 8 nitrogen and oxygen atoms in total. The fraction of sp³-hybridized carbons (Fsp3) is 0.346. The summed E-state index contributed by atoms with van der Waals surface area (Å²) in [7, 11) is 0. The molecule has 2 aromatic carbocycles. The van der Waals surface area contributed by atoms with Crippen LogP contribution in [0.3, 0.4) is 0 Å². The maximum absolute atomic E-state index is 12.9. The van der Waals surface area contributed by atoms with Gasteiger partial charge in [0, 0.05) is 29.3 Å². The Morgan fingerprint density at radius 2 is 1.80 bits per heavy atom. The largest absolute Gasteiger partial charge is 0.452 e.